The van der Waals surface area contributed by atoms with Gasteiger partial charge in [0.1, 0.15) is 0 Å². The minimum absolute atomic E-state index is 0.337. The van der Waals surface area contributed by atoms with Crippen molar-refractivity contribution < 1.29 is 8.42 Å². The molecule has 0 aromatic heterocycles. The predicted molar refractivity (Wildman–Crippen MR) is 42.3 cm³/mol. The monoisotopic (exact) mass is 185 g/mol. The molecule has 0 unspecified atom stereocenters. The second-order valence-corrected chi connectivity index (χ2v) is 4.95. The summed E-state index contributed by atoms with van der Waals surface area (Å²) in [4.78, 5) is 0. The Hall–Kier alpha value is 0.200. The topological polar surface area (TPSA) is 60.2 Å². The summed E-state index contributed by atoms with van der Waals surface area (Å²) in [6.45, 7) is 3.39. The lowest BCUT2D eigenvalue weighted by Crippen LogP contribution is -2.36. The van der Waals surface area contributed by atoms with Gasteiger partial charge in [0.25, 0.3) is 0 Å². The van der Waals surface area contributed by atoms with Gasteiger partial charge in [-0.3, -0.25) is 0 Å². The van der Waals surface area contributed by atoms with E-state index < -0.39 is 14.2 Å². The highest BCUT2D eigenvalue weighted by Gasteiger charge is 2.35. The zero-order chi connectivity index (χ0) is 8.41. The van der Waals surface area contributed by atoms with Crippen LogP contribution in [0.2, 0.25) is 0 Å². The van der Waals surface area contributed by atoms with E-state index in [1.165, 1.54) is 0 Å². The minimum Gasteiger partial charge on any atom is -0.227 e. The Morgan fingerprint density at radius 1 is 1.40 bits per heavy atom. The van der Waals surface area contributed by atoms with Crippen LogP contribution in [-0.2, 0) is 10.0 Å². The third-order valence-corrected chi connectivity index (χ3v) is 4.34. The lowest BCUT2D eigenvalue weighted by Gasteiger charge is -2.20. The fraction of sp³-hybridized carbons (Fsp3) is 1.00. The lowest BCUT2D eigenvalue weighted by molar-refractivity contribution is 0.558. The molecule has 0 atom stereocenters. The lowest BCUT2D eigenvalue weighted by atomic mass is 10.3. The van der Waals surface area contributed by atoms with Gasteiger partial charge in [-0.05, 0) is 12.8 Å². The summed E-state index contributed by atoms with van der Waals surface area (Å²) in [5.41, 5.74) is 0. The van der Waals surface area contributed by atoms with Crippen LogP contribution in [0.1, 0.15) is 26.7 Å². The summed E-state index contributed by atoms with van der Waals surface area (Å²) in [5.74, 6) is 0. The largest absolute Gasteiger partial charge is 0.228 e. The van der Waals surface area contributed by atoms with Crippen molar-refractivity contribution in [1.82, 2.24) is 0 Å². The quantitative estimate of drug-likeness (QED) is 0.668. The highest BCUT2D eigenvalue weighted by atomic mass is 35.5. The van der Waals surface area contributed by atoms with Crippen LogP contribution in [0.5, 0.6) is 0 Å². The van der Waals surface area contributed by atoms with E-state index in [1.54, 1.807) is 13.8 Å². The fourth-order valence-corrected chi connectivity index (χ4v) is 1.46. The van der Waals surface area contributed by atoms with Crippen molar-refractivity contribution in [2.75, 3.05) is 0 Å². The van der Waals surface area contributed by atoms with Crippen LogP contribution in [0.3, 0.4) is 0 Å². The van der Waals surface area contributed by atoms with E-state index in [9.17, 15) is 8.42 Å². The Balaban J connectivity index is 4.68. The van der Waals surface area contributed by atoms with Crippen molar-refractivity contribution in [3.63, 3.8) is 0 Å². The summed E-state index contributed by atoms with van der Waals surface area (Å²) in [7, 11) is -3.60. The second kappa shape index (κ2) is 3.07. The molecule has 10 heavy (non-hydrogen) atoms. The first-order valence-electron chi connectivity index (χ1n) is 3.08. The first-order valence-corrected chi connectivity index (χ1v) is 5.01. The van der Waals surface area contributed by atoms with Gasteiger partial charge in [-0.15, -0.1) is 11.6 Å². The average molecular weight is 186 g/mol. The molecule has 3 nitrogen and oxygen atoms in total. The maximum absolute atomic E-state index is 10.8. The molecule has 0 aliphatic heterocycles. The molecule has 0 radical (unpaired) electrons. The number of hydrogen-bond donors (Lipinski definition) is 1. The van der Waals surface area contributed by atoms with Gasteiger partial charge < -0.3 is 0 Å². The summed E-state index contributed by atoms with van der Waals surface area (Å²) in [5, 5.41) is 4.88. The number of nitrogens with two attached hydrogens (primary N) is 1. The summed E-state index contributed by atoms with van der Waals surface area (Å²) < 4.78 is 20.3. The fourth-order valence-electron chi connectivity index (χ4n) is 0.652. The molecule has 0 aromatic rings. The number of alkyl halides is 1. The normalized spacial score (nSPS) is 13.6. The van der Waals surface area contributed by atoms with Crippen LogP contribution in [0.4, 0.5) is 0 Å². The van der Waals surface area contributed by atoms with Crippen LogP contribution < -0.4 is 5.14 Å². The third-order valence-electron chi connectivity index (χ3n) is 1.57. The predicted octanol–water partition coefficient (Wildman–Crippen LogP) is 1.03. The summed E-state index contributed by atoms with van der Waals surface area (Å²) in [6, 6.07) is 0. The first-order chi connectivity index (χ1) is 4.37. The molecular weight excluding hydrogens is 174 g/mol. The number of primary sulfonamides is 1. The Bertz CT molecular complexity index is 196. The van der Waals surface area contributed by atoms with Gasteiger partial charge in [-0.2, -0.15) is 0 Å². The number of sulfonamides is 1. The Morgan fingerprint density at radius 3 is 1.70 bits per heavy atom. The average Bonchev–Trinajstić information content (AvgIpc) is 1.84. The molecule has 2 N–H and O–H groups in total. The molecule has 0 aromatic carbocycles. The zero-order valence-electron chi connectivity index (χ0n) is 6.09. The molecule has 0 spiro atoms. The van der Waals surface area contributed by atoms with Gasteiger partial charge in [-0.1, -0.05) is 13.8 Å². The van der Waals surface area contributed by atoms with Crippen LogP contribution in [-0.4, -0.2) is 12.6 Å². The van der Waals surface area contributed by atoms with E-state index in [2.05, 4.69) is 0 Å². The smallest absolute Gasteiger partial charge is 0.227 e. The molecule has 0 saturated carbocycles. The molecule has 0 saturated heterocycles. The van der Waals surface area contributed by atoms with Crippen LogP contribution >= 0.6 is 11.6 Å². The Morgan fingerprint density at radius 2 is 1.70 bits per heavy atom. The van der Waals surface area contributed by atoms with Crippen molar-refractivity contribution in [1.29, 1.82) is 0 Å². The zero-order valence-corrected chi connectivity index (χ0v) is 7.67. The molecule has 0 rings (SSSR count). The van der Waals surface area contributed by atoms with Gasteiger partial charge in [0.05, 0.1) is 0 Å². The highest BCUT2D eigenvalue weighted by Crippen LogP contribution is 2.27. The number of rotatable bonds is 3. The molecular formula is C5H12ClNO2S. The number of hydrogen-bond acceptors (Lipinski definition) is 2. The van der Waals surface area contributed by atoms with Gasteiger partial charge >= 0.3 is 0 Å². The Labute approximate surface area is 66.6 Å². The van der Waals surface area contributed by atoms with Crippen LogP contribution in [0.15, 0.2) is 0 Å². The molecule has 62 valence electrons. The van der Waals surface area contributed by atoms with E-state index in [1.807, 2.05) is 0 Å². The molecule has 5 heteroatoms. The van der Waals surface area contributed by atoms with E-state index in [4.69, 9.17) is 16.7 Å². The van der Waals surface area contributed by atoms with Gasteiger partial charge in [0.2, 0.25) is 10.0 Å². The molecule has 0 fully saturated rings. The minimum atomic E-state index is -3.60. The van der Waals surface area contributed by atoms with Crippen molar-refractivity contribution in [3.05, 3.63) is 0 Å². The third kappa shape index (κ3) is 1.84. The summed E-state index contributed by atoms with van der Waals surface area (Å²) >= 11 is 5.67. The van der Waals surface area contributed by atoms with Crippen molar-refractivity contribution in [3.8, 4) is 0 Å². The second-order valence-electron chi connectivity index (χ2n) is 2.14. The standard InChI is InChI=1S/C5H12ClNO2S/c1-3-5(6,4-2)10(7,8)9/h3-4H2,1-2H3,(H2,7,8,9). The molecule has 0 bridgehead atoms. The first kappa shape index (κ1) is 10.2. The molecule has 0 aliphatic rings. The van der Waals surface area contributed by atoms with Gasteiger partial charge in [-0.25, -0.2) is 13.6 Å². The van der Waals surface area contributed by atoms with Crippen LogP contribution in [0, 0.1) is 0 Å². The maximum Gasteiger partial charge on any atom is 0.228 e. The van der Waals surface area contributed by atoms with E-state index in [0.717, 1.165) is 0 Å². The Kier molecular flexibility index (Phi) is 3.13. The van der Waals surface area contributed by atoms with Crippen LogP contribution in [0.25, 0.3) is 0 Å². The van der Waals surface area contributed by atoms with Crippen molar-refractivity contribution in [2.24, 2.45) is 5.14 Å². The highest BCUT2D eigenvalue weighted by molar-refractivity contribution is 7.91. The molecule has 0 heterocycles. The number of halogens is 1. The molecule has 0 aliphatic carbocycles. The van der Waals surface area contributed by atoms with Crippen molar-refractivity contribution >= 4 is 21.6 Å². The van der Waals surface area contributed by atoms with E-state index in [-0.39, 0.29) is 0 Å². The maximum atomic E-state index is 10.8. The SMILES string of the molecule is CCC(Cl)(CC)S(N)(=O)=O. The van der Waals surface area contributed by atoms with Gasteiger partial charge in [0, 0.05) is 0 Å². The molecule has 0 amide bonds. The summed E-state index contributed by atoms with van der Waals surface area (Å²) in [6.07, 6.45) is 0.674. The van der Waals surface area contributed by atoms with Gasteiger partial charge in [0.15, 0.2) is 4.21 Å². The van der Waals surface area contributed by atoms with Crippen molar-refractivity contribution in [2.45, 2.75) is 30.9 Å². The van der Waals surface area contributed by atoms with E-state index >= 15 is 0 Å². The van der Waals surface area contributed by atoms with E-state index in [0.29, 0.717) is 12.8 Å².